The highest BCUT2D eigenvalue weighted by atomic mass is 127. The van der Waals surface area contributed by atoms with E-state index in [0.29, 0.717) is 12.1 Å². The van der Waals surface area contributed by atoms with Crippen LogP contribution in [0, 0.1) is 0 Å². The number of sulfonamides is 1. The topological polar surface area (TPSA) is 88.1 Å². The molecule has 1 aliphatic heterocycles. The summed E-state index contributed by atoms with van der Waals surface area (Å²) in [6, 6.07) is 14.4. The molecule has 0 bridgehead atoms. The third-order valence-electron chi connectivity index (χ3n) is 4.65. The number of carbonyl (C=O) groups excluding carboxylic acids is 1. The second-order valence-electron chi connectivity index (χ2n) is 7.61. The smallest absolute Gasteiger partial charge is 0.258 e. The van der Waals surface area contributed by atoms with Crippen LogP contribution in [0.2, 0.25) is 0 Å². The Hall–Kier alpha value is -2.14. The van der Waals surface area contributed by atoms with E-state index in [1.165, 1.54) is 0 Å². The maximum absolute atomic E-state index is 13.1. The molecule has 2 aromatic carbocycles. The van der Waals surface area contributed by atoms with Crippen molar-refractivity contribution in [2.45, 2.75) is 29.7 Å². The van der Waals surface area contributed by atoms with Gasteiger partial charge in [-0.25, -0.2) is 13.4 Å². The second-order valence-corrected chi connectivity index (χ2v) is 12.1. The quantitative estimate of drug-likeness (QED) is 0.443. The minimum absolute atomic E-state index is 0.0747. The maximum atomic E-state index is 13.1. The van der Waals surface area contributed by atoms with Gasteiger partial charge in [0.05, 0.1) is 28.5 Å². The van der Waals surface area contributed by atoms with E-state index >= 15 is 0 Å². The fourth-order valence-electron chi connectivity index (χ4n) is 3.17. The lowest BCUT2D eigenvalue weighted by molar-refractivity contribution is -0.134. The molecule has 1 heterocycles. The summed E-state index contributed by atoms with van der Waals surface area (Å²) in [7, 11) is -1.73. The van der Waals surface area contributed by atoms with Crippen LogP contribution in [0.5, 0.6) is 5.75 Å². The Morgan fingerprint density at radius 2 is 1.77 bits per heavy atom. The third-order valence-corrected chi connectivity index (χ3v) is 5.72. The Morgan fingerprint density at radius 1 is 1.17 bits per heavy atom. The summed E-state index contributed by atoms with van der Waals surface area (Å²) in [5, 5.41) is 6.22. The Kier molecular flexibility index (Phi) is 6.42. The number of nitrogens with zero attached hydrogens (tertiary/aromatic N) is 2. The van der Waals surface area contributed by atoms with Crippen LogP contribution in [0.3, 0.4) is 0 Å². The molecule has 2 aromatic rings. The number of benzene rings is 2. The number of hydrogen-bond donors (Lipinski definition) is 1. The average molecular weight is 541 g/mol. The minimum atomic E-state index is -3.34. The molecule has 0 radical (unpaired) electrons. The number of halogens is 1. The summed E-state index contributed by atoms with van der Waals surface area (Å²) < 4.78 is 29.9. The average Bonchev–Trinajstić information content (AvgIpc) is 3.11. The Balaban J connectivity index is 1.92. The van der Waals surface area contributed by atoms with Crippen molar-refractivity contribution in [3.05, 3.63) is 59.7 Å². The van der Waals surface area contributed by atoms with E-state index in [1.54, 1.807) is 36.4 Å². The van der Waals surface area contributed by atoms with Gasteiger partial charge in [0.1, 0.15) is 5.75 Å². The van der Waals surface area contributed by atoms with E-state index < -0.39 is 13.4 Å². The summed E-state index contributed by atoms with van der Waals surface area (Å²) in [6.07, 6.45) is 1.67. The van der Waals surface area contributed by atoms with Crippen LogP contribution in [0.4, 0.5) is 5.69 Å². The fraction of sp³-hybridized carbons (Fsp3) is 0.333. The molecule has 1 unspecified atom stereocenters. The highest BCUT2D eigenvalue weighted by Crippen LogP contribution is 2.36. The van der Waals surface area contributed by atoms with Crippen molar-refractivity contribution < 1.29 is 17.9 Å². The van der Waals surface area contributed by atoms with Crippen LogP contribution in [-0.2, 0) is 14.8 Å². The molecule has 0 spiro atoms. The monoisotopic (exact) mass is 541 g/mol. The van der Waals surface area contributed by atoms with Crippen molar-refractivity contribution in [2.75, 3.05) is 18.1 Å². The van der Waals surface area contributed by atoms with Gasteiger partial charge in [-0.05, 0) is 49.2 Å². The molecule has 0 fully saturated rings. The van der Waals surface area contributed by atoms with Crippen molar-refractivity contribution in [1.29, 1.82) is 0 Å². The second kappa shape index (κ2) is 8.54. The number of hydrogen-bond acceptors (Lipinski definition) is 5. The normalized spacial score (nSPS) is 16.9. The van der Waals surface area contributed by atoms with Gasteiger partial charge >= 0.3 is 0 Å². The molecular formula is C21H24IN3O4S. The highest BCUT2D eigenvalue weighted by Gasteiger charge is 2.38. The first-order valence-electron chi connectivity index (χ1n) is 9.30. The zero-order valence-corrected chi connectivity index (χ0v) is 20.2. The number of rotatable bonds is 6. The van der Waals surface area contributed by atoms with E-state index in [4.69, 9.17) is 4.74 Å². The van der Waals surface area contributed by atoms with E-state index in [0.717, 1.165) is 28.8 Å². The first-order chi connectivity index (χ1) is 14.0. The first kappa shape index (κ1) is 22.5. The lowest BCUT2D eigenvalue weighted by atomic mass is 9.97. The van der Waals surface area contributed by atoms with Gasteiger partial charge in [-0.1, -0.05) is 46.9 Å². The van der Waals surface area contributed by atoms with Crippen molar-refractivity contribution in [3.63, 3.8) is 0 Å². The summed E-state index contributed by atoms with van der Waals surface area (Å²) in [5.41, 5.74) is 3.07. The lowest BCUT2D eigenvalue weighted by Gasteiger charge is -2.27. The van der Waals surface area contributed by atoms with Gasteiger partial charge in [-0.15, -0.1) is 0 Å². The maximum Gasteiger partial charge on any atom is 0.258 e. The predicted octanol–water partition coefficient (Wildman–Crippen LogP) is 3.96. The van der Waals surface area contributed by atoms with E-state index in [1.807, 2.05) is 38.1 Å². The van der Waals surface area contributed by atoms with Gasteiger partial charge in [0.2, 0.25) is 10.0 Å². The third kappa shape index (κ3) is 5.31. The SMILES string of the molecule is COc1ccc(C2CC(c3ccc(NS(C)(=O)=O)cc3)=NN2C(=O)C(C)(C)I)cc1. The molecule has 0 aromatic heterocycles. The minimum Gasteiger partial charge on any atom is -0.497 e. The highest BCUT2D eigenvalue weighted by molar-refractivity contribution is 14.1. The number of hydrazone groups is 1. The van der Waals surface area contributed by atoms with E-state index in [-0.39, 0.29) is 11.9 Å². The van der Waals surface area contributed by atoms with E-state index in [2.05, 4.69) is 32.4 Å². The van der Waals surface area contributed by atoms with E-state index in [9.17, 15) is 13.2 Å². The van der Waals surface area contributed by atoms with Crippen LogP contribution in [0.25, 0.3) is 0 Å². The molecule has 160 valence electrons. The number of alkyl halides is 1. The standard InChI is InChI=1S/C21H24IN3O4S/c1-21(2,22)20(26)25-19(15-7-11-17(29-3)12-8-15)13-18(23-25)14-5-9-16(10-6-14)24-30(4,27)28/h5-12,19,24H,13H2,1-4H3. The van der Waals surface area contributed by atoms with Gasteiger partial charge in [0, 0.05) is 12.1 Å². The first-order valence-corrected chi connectivity index (χ1v) is 12.3. The summed E-state index contributed by atoms with van der Waals surface area (Å²) >= 11 is 2.13. The zero-order valence-electron chi connectivity index (χ0n) is 17.2. The molecule has 3 rings (SSSR count). The molecule has 9 heteroatoms. The molecule has 30 heavy (non-hydrogen) atoms. The van der Waals surface area contributed by atoms with Crippen LogP contribution < -0.4 is 9.46 Å². The molecule has 1 amide bonds. The molecule has 0 aliphatic carbocycles. The molecule has 1 aliphatic rings. The molecule has 0 saturated heterocycles. The molecule has 0 saturated carbocycles. The van der Waals surface area contributed by atoms with Gasteiger partial charge in [-0.3, -0.25) is 9.52 Å². The Morgan fingerprint density at radius 3 is 2.27 bits per heavy atom. The number of methoxy groups -OCH3 is 1. The summed E-state index contributed by atoms with van der Waals surface area (Å²) in [5.74, 6) is 0.674. The van der Waals surface area contributed by atoms with Gasteiger partial charge in [0.15, 0.2) is 0 Å². The van der Waals surface area contributed by atoms with Gasteiger partial charge in [0.25, 0.3) is 5.91 Å². The molecule has 7 nitrogen and oxygen atoms in total. The molecular weight excluding hydrogens is 517 g/mol. The number of ether oxygens (including phenoxy) is 1. The van der Waals surface area contributed by atoms with Crippen LogP contribution in [0.15, 0.2) is 53.6 Å². The van der Waals surface area contributed by atoms with Crippen LogP contribution in [0.1, 0.15) is 37.4 Å². The molecule has 1 atom stereocenters. The van der Waals surface area contributed by atoms with Gasteiger partial charge < -0.3 is 4.74 Å². The van der Waals surface area contributed by atoms with Crippen LogP contribution >= 0.6 is 22.6 Å². The predicted molar refractivity (Wildman–Crippen MR) is 127 cm³/mol. The summed E-state index contributed by atoms with van der Waals surface area (Å²) in [4.78, 5) is 13.1. The van der Waals surface area contributed by atoms with Crippen molar-refractivity contribution in [2.24, 2.45) is 5.10 Å². The molecule has 1 N–H and O–H groups in total. The zero-order chi connectivity index (χ0) is 22.1. The number of carbonyl (C=O) groups is 1. The number of amides is 1. The number of anilines is 1. The Labute approximate surface area is 190 Å². The largest absolute Gasteiger partial charge is 0.497 e. The fourth-order valence-corrected chi connectivity index (χ4v) is 3.99. The van der Waals surface area contributed by atoms with Gasteiger partial charge in [-0.2, -0.15) is 5.10 Å². The van der Waals surface area contributed by atoms with Crippen molar-refractivity contribution in [1.82, 2.24) is 5.01 Å². The summed E-state index contributed by atoms with van der Waals surface area (Å²) in [6.45, 7) is 3.72. The Bertz CT molecular complexity index is 1060. The number of nitrogens with one attached hydrogen (secondary N) is 1. The van der Waals surface area contributed by atoms with Crippen LogP contribution in [-0.4, -0.2) is 41.8 Å². The van der Waals surface area contributed by atoms with Crippen molar-refractivity contribution >= 4 is 49.9 Å². The van der Waals surface area contributed by atoms with Crippen molar-refractivity contribution in [3.8, 4) is 5.75 Å². The lowest BCUT2D eigenvalue weighted by Crippen LogP contribution is -2.38.